The minimum Gasteiger partial charge on any atom is -0.319 e. The molecule has 3 aromatic carbocycles. The fourth-order valence-corrected chi connectivity index (χ4v) is 4.11. The number of aromatic nitrogens is 1. The molecule has 1 N–H and O–H groups in total. The Morgan fingerprint density at radius 3 is 2.43 bits per heavy atom. The number of thiazole rings is 1. The summed E-state index contributed by atoms with van der Waals surface area (Å²) in [6.45, 7) is 0. The third kappa shape index (κ3) is 4.36. The Labute approximate surface area is 184 Å². The summed E-state index contributed by atoms with van der Waals surface area (Å²) in [6.07, 6.45) is 0. The van der Waals surface area contributed by atoms with Crippen molar-refractivity contribution >= 4 is 46.1 Å². The van der Waals surface area contributed by atoms with Gasteiger partial charge in [-0.25, -0.2) is 13.8 Å². The molecule has 8 heteroatoms. The van der Waals surface area contributed by atoms with E-state index < -0.39 is 17.5 Å². The molecular formula is C22H12Cl2F2N2OS. The molecule has 1 heterocycles. The van der Waals surface area contributed by atoms with E-state index in [1.807, 2.05) is 11.4 Å². The zero-order valence-electron chi connectivity index (χ0n) is 15.1. The predicted molar refractivity (Wildman–Crippen MR) is 117 cm³/mol. The maximum Gasteiger partial charge on any atom is 0.255 e. The SMILES string of the molecule is O=C(Nc1ccc(F)cc1F)c1ccc(-c2nc(-c3ccc(Cl)cc3Cl)cs2)cc1. The van der Waals surface area contributed by atoms with Crippen molar-refractivity contribution in [2.45, 2.75) is 0 Å². The number of hydrogen-bond acceptors (Lipinski definition) is 3. The van der Waals surface area contributed by atoms with Gasteiger partial charge in [0.15, 0.2) is 0 Å². The maximum absolute atomic E-state index is 13.7. The van der Waals surface area contributed by atoms with Crippen LogP contribution in [0, 0.1) is 11.6 Å². The lowest BCUT2D eigenvalue weighted by atomic mass is 10.1. The molecule has 0 aliphatic rings. The second-order valence-electron chi connectivity index (χ2n) is 6.32. The molecule has 0 spiro atoms. The number of carbonyl (C=O) groups is 1. The molecule has 1 aromatic heterocycles. The lowest BCUT2D eigenvalue weighted by Gasteiger charge is -2.07. The summed E-state index contributed by atoms with van der Waals surface area (Å²) in [7, 11) is 0. The van der Waals surface area contributed by atoms with Crippen LogP contribution in [0.3, 0.4) is 0 Å². The number of benzene rings is 3. The van der Waals surface area contributed by atoms with Gasteiger partial charge < -0.3 is 5.32 Å². The average Bonchev–Trinajstić information content (AvgIpc) is 3.20. The third-order valence-corrected chi connectivity index (χ3v) is 5.72. The van der Waals surface area contributed by atoms with Gasteiger partial charge in [-0.05, 0) is 42.5 Å². The van der Waals surface area contributed by atoms with E-state index in [0.29, 0.717) is 21.7 Å². The average molecular weight is 461 g/mol. The topological polar surface area (TPSA) is 42.0 Å². The van der Waals surface area contributed by atoms with E-state index in [1.54, 1.807) is 36.4 Å². The normalized spacial score (nSPS) is 10.8. The van der Waals surface area contributed by atoms with E-state index >= 15 is 0 Å². The van der Waals surface area contributed by atoms with Gasteiger partial charge in [0.05, 0.1) is 16.4 Å². The maximum atomic E-state index is 13.7. The van der Waals surface area contributed by atoms with Crippen molar-refractivity contribution in [3.05, 3.63) is 93.3 Å². The number of carbonyl (C=O) groups excluding carboxylic acids is 1. The number of halogens is 4. The molecule has 0 saturated heterocycles. The molecule has 0 aliphatic heterocycles. The van der Waals surface area contributed by atoms with Gasteiger partial charge in [0.25, 0.3) is 5.91 Å². The van der Waals surface area contributed by atoms with Crippen LogP contribution < -0.4 is 5.32 Å². The molecule has 0 saturated carbocycles. The van der Waals surface area contributed by atoms with Crippen LogP contribution >= 0.6 is 34.5 Å². The zero-order chi connectivity index (χ0) is 21.3. The molecular weight excluding hydrogens is 449 g/mol. The van der Waals surface area contributed by atoms with Crippen LogP contribution in [0.25, 0.3) is 21.8 Å². The first-order chi connectivity index (χ1) is 14.4. The smallest absolute Gasteiger partial charge is 0.255 e. The molecule has 0 unspecified atom stereocenters. The van der Waals surface area contributed by atoms with E-state index in [1.165, 1.54) is 17.4 Å². The van der Waals surface area contributed by atoms with Crippen molar-refractivity contribution in [2.24, 2.45) is 0 Å². The first-order valence-electron chi connectivity index (χ1n) is 8.68. The molecule has 0 radical (unpaired) electrons. The highest BCUT2D eigenvalue weighted by Crippen LogP contribution is 2.34. The molecule has 0 aliphatic carbocycles. The summed E-state index contributed by atoms with van der Waals surface area (Å²) >= 11 is 13.6. The van der Waals surface area contributed by atoms with Crippen LogP contribution in [0.15, 0.2) is 66.0 Å². The lowest BCUT2D eigenvalue weighted by Crippen LogP contribution is -2.13. The van der Waals surface area contributed by atoms with Gasteiger partial charge in [0, 0.05) is 33.2 Å². The highest BCUT2D eigenvalue weighted by atomic mass is 35.5. The third-order valence-electron chi connectivity index (χ3n) is 4.28. The molecule has 0 fully saturated rings. The molecule has 4 rings (SSSR count). The van der Waals surface area contributed by atoms with Crippen LogP contribution in [-0.2, 0) is 0 Å². The van der Waals surface area contributed by atoms with E-state index in [0.717, 1.165) is 27.9 Å². The van der Waals surface area contributed by atoms with E-state index in [9.17, 15) is 13.6 Å². The number of rotatable bonds is 4. The highest BCUT2D eigenvalue weighted by Gasteiger charge is 2.13. The number of nitrogens with one attached hydrogen (secondary N) is 1. The second-order valence-corrected chi connectivity index (χ2v) is 8.02. The minimum absolute atomic E-state index is 0.0881. The van der Waals surface area contributed by atoms with Crippen molar-refractivity contribution in [3.63, 3.8) is 0 Å². The Bertz CT molecular complexity index is 1240. The Balaban J connectivity index is 1.52. The summed E-state index contributed by atoms with van der Waals surface area (Å²) < 4.78 is 26.7. The zero-order valence-corrected chi connectivity index (χ0v) is 17.5. The molecule has 4 aromatic rings. The number of anilines is 1. The standard InChI is InChI=1S/C22H12Cl2F2N2OS/c23-14-5-7-16(17(24)9-14)20-11-30-22(28-20)13-3-1-12(2-4-13)21(29)27-19-8-6-15(25)10-18(19)26/h1-11H,(H,27,29). The van der Waals surface area contributed by atoms with Crippen LogP contribution in [0.2, 0.25) is 10.0 Å². The Hall–Kier alpha value is -2.80. The van der Waals surface area contributed by atoms with Gasteiger partial charge in [0.2, 0.25) is 0 Å². The van der Waals surface area contributed by atoms with Gasteiger partial charge in [0.1, 0.15) is 16.6 Å². The summed E-state index contributed by atoms with van der Waals surface area (Å²) in [5, 5.41) is 6.14. The van der Waals surface area contributed by atoms with Crippen molar-refractivity contribution in [3.8, 4) is 21.8 Å². The fourth-order valence-electron chi connectivity index (χ4n) is 2.78. The first kappa shape index (κ1) is 20.5. The number of hydrogen-bond donors (Lipinski definition) is 1. The Morgan fingerprint density at radius 1 is 0.967 bits per heavy atom. The molecule has 0 atom stereocenters. The van der Waals surface area contributed by atoms with Crippen molar-refractivity contribution in [1.82, 2.24) is 4.98 Å². The Morgan fingerprint density at radius 2 is 1.73 bits per heavy atom. The fraction of sp³-hybridized carbons (Fsp3) is 0. The summed E-state index contributed by atoms with van der Waals surface area (Å²) in [6, 6.07) is 14.9. The first-order valence-corrected chi connectivity index (χ1v) is 10.3. The van der Waals surface area contributed by atoms with Crippen LogP contribution in [-0.4, -0.2) is 10.9 Å². The van der Waals surface area contributed by atoms with Gasteiger partial charge in [-0.1, -0.05) is 35.3 Å². The van der Waals surface area contributed by atoms with Crippen LogP contribution in [0.1, 0.15) is 10.4 Å². The molecule has 30 heavy (non-hydrogen) atoms. The van der Waals surface area contributed by atoms with Crippen molar-refractivity contribution in [1.29, 1.82) is 0 Å². The quantitative estimate of drug-likeness (QED) is 0.346. The summed E-state index contributed by atoms with van der Waals surface area (Å²) in [4.78, 5) is 17.0. The van der Waals surface area contributed by atoms with Crippen molar-refractivity contribution < 1.29 is 13.6 Å². The van der Waals surface area contributed by atoms with Gasteiger partial charge in [-0.15, -0.1) is 11.3 Å². The molecule has 150 valence electrons. The van der Waals surface area contributed by atoms with E-state index in [2.05, 4.69) is 10.3 Å². The number of nitrogens with zero attached hydrogens (tertiary/aromatic N) is 1. The van der Waals surface area contributed by atoms with E-state index in [4.69, 9.17) is 23.2 Å². The van der Waals surface area contributed by atoms with Gasteiger partial charge in [-0.3, -0.25) is 4.79 Å². The summed E-state index contributed by atoms with van der Waals surface area (Å²) in [5.74, 6) is -2.05. The predicted octanol–water partition coefficient (Wildman–Crippen LogP) is 7.31. The number of amides is 1. The minimum atomic E-state index is -0.837. The highest BCUT2D eigenvalue weighted by molar-refractivity contribution is 7.13. The monoisotopic (exact) mass is 460 g/mol. The van der Waals surface area contributed by atoms with Gasteiger partial charge >= 0.3 is 0 Å². The molecule has 0 bridgehead atoms. The van der Waals surface area contributed by atoms with Crippen LogP contribution in [0.4, 0.5) is 14.5 Å². The lowest BCUT2D eigenvalue weighted by molar-refractivity contribution is 0.102. The Kier molecular flexibility index (Phi) is 5.81. The van der Waals surface area contributed by atoms with Crippen molar-refractivity contribution in [2.75, 3.05) is 5.32 Å². The van der Waals surface area contributed by atoms with Crippen LogP contribution in [0.5, 0.6) is 0 Å². The van der Waals surface area contributed by atoms with Gasteiger partial charge in [-0.2, -0.15) is 0 Å². The molecule has 3 nitrogen and oxygen atoms in total. The largest absolute Gasteiger partial charge is 0.319 e. The summed E-state index contributed by atoms with van der Waals surface area (Å²) in [5.41, 5.74) is 2.57. The molecule has 1 amide bonds. The van der Waals surface area contributed by atoms with E-state index in [-0.39, 0.29) is 5.69 Å². The second kappa shape index (κ2) is 8.52.